The van der Waals surface area contributed by atoms with E-state index in [1.807, 2.05) is 12.1 Å². The van der Waals surface area contributed by atoms with Crippen LogP contribution >= 0.6 is 15.9 Å². The Morgan fingerprint density at radius 3 is 2.33 bits per heavy atom. The van der Waals surface area contributed by atoms with Crippen molar-refractivity contribution in [3.05, 3.63) is 22.2 Å². The summed E-state index contributed by atoms with van der Waals surface area (Å²) in [6.07, 6.45) is 0.920. The van der Waals surface area contributed by atoms with Gasteiger partial charge in [0.05, 0.1) is 14.2 Å². The number of hydrogen-bond donors (Lipinski definition) is 1. The number of methoxy groups -OCH3 is 2. The number of hydrogen-bond acceptors (Lipinski definition) is 3. The van der Waals surface area contributed by atoms with Crippen molar-refractivity contribution < 1.29 is 9.47 Å². The van der Waals surface area contributed by atoms with Crippen LogP contribution < -0.4 is 14.8 Å². The van der Waals surface area contributed by atoms with Crippen molar-refractivity contribution in [1.29, 1.82) is 0 Å². The zero-order chi connectivity index (χ0) is 13.8. The molecular formula is C14H22BrNO2. The van der Waals surface area contributed by atoms with Crippen molar-refractivity contribution >= 4 is 15.9 Å². The molecule has 18 heavy (non-hydrogen) atoms. The van der Waals surface area contributed by atoms with Crippen molar-refractivity contribution in [1.82, 2.24) is 5.32 Å². The van der Waals surface area contributed by atoms with Crippen LogP contribution in [0.15, 0.2) is 16.6 Å². The van der Waals surface area contributed by atoms with Crippen LogP contribution in [0.3, 0.4) is 0 Å². The Hall–Kier alpha value is -0.740. The van der Waals surface area contributed by atoms with E-state index in [-0.39, 0.29) is 5.54 Å². The lowest BCUT2D eigenvalue weighted by atomic mass is 10.1. The molecule has 0 aromatic heterocycles. The van der Waals surface area contributed by atoms with Crippen molar-refractivity contribution in [3.8, 4) is 11.5 Å². The Kier molecular flexibility index (Phi) is 5.47. The monoisotopic (exact) mass is 315 g/mol. The molecule has 1 aromatic carbocycles. The highest BCUT2D eigenvalue weighted by Gasteiger charge is 2.13. The van der Waals surface area contributed by atoms with Gasteiger partial charge in [-0.05, 0) is 61.3 Å². The van der Waals surface area contributed by atoms with Crippen molar-refractivity contribution in [2.75, 3.05) is 20.8 Å². The molecule has 0 radical (unpaired) electrons. The van der Waals surface area contributed by atoms with Crippen LogP contribution in [0.5, 0.6) is 11.5 Å². The molecular weight excluding hydrogens is 294 g/mol. The molecule has 0 spiro atoms. The fraction of sp³-hybridized carbons (Fsp3) is 0.571. The van der Waals surface area contributed by atoms with Crippen molar-refractivity contribution in [3.63, 3.8) is 0 Å². The smallest absolute Gasteiger partial charge is 0.140 e. The minimum atomic E-state index is 0.136. The Morgan fingerprint density at radius 2 is 1.83 bits per heavy atom. The Balaban J connectivity index is 2.80. The lowest BCUT2D eigenvalue weighted by Gasteiger charge is -2.21. The quantitative estimate of drug-likeness (QED) is 0.903. The number of halogens is 1. The van der Waals surface area contributed by atoms with Crippen LogP contribution in [-0.4, -0.2) is 26.3 Å². The first kappa shape index (κ1) is 15.3. The summed E-state index contributed by atoms with van der Waals surface area (Å²) in [6, 6.07) is 4.01. The molecule has 0 amide bonds. The summed E-state index contributed by atoms with van der Waals surface area (Å²) in [7, 11) is 3.33. The molecule has 1 rings (SSSR count). The molecule has 0 aliphatic carbocycles. The molecule has 3 nitrogen and oxygen atoms in total. The average molecular weight is 316 g/mol. The third-order valence-corrected chi connectivity index (χ3v) is 3.37. The fourth-order valence-electron chi connectivity index (χ4n) is 1.73. The van der Waals surface area contributed by atoms with Gasteiger partial charge in [-0.25, -0.2) is 0 Å². The minimum Gasteiger partial charge on any atom is -0.495 e. The van der Waals surface area contributed by atoms with Crippen LogP contribution in [0.25, 0.3) is 0 Å². The molecule has 1 aromatic rings. The molecule has 0 fully saturated rings. The number of rotatable bonds is 5. The average Bonchev–Trinajstić information content (AvgIpc) is 2.28. The predicted octanol–water partition coefficient (Wildman–Crippen LogP) is 3.40. The lowest BCUT2D eigenvalue weighted by molar-refractivity contribution is 0.383. The van der Waals surface area contributed by atoms with E-state index in [9.17, 15) is 0 Å². The second kappa shape index (κ2) is 6.43. The summed E-state index contributed by atoms with van der Waals surface area (Å²) >= 11 is 3.51. The first-order valence-electron chi connectivity index (χ1n) is 6.03. The van der Waals surface area contributed by atoms with Gasteiger partial charge in [0.2, 0.25) is 0 Å². The summed E-state index contributed by atoms with van der Waals surface area (Å²) in [5.74, 6) is 1.64. The zero-order valence-electron chi connectivity index (χ0n) is 11.8. The molecule has 102 valence electrons. The van der Waals surface area contributed by atoms with Gasteiger partial charge in [-0.2, -0.15) is 0 Å². The molecule has 0 bridgehead atoms. The van der Waals surface area contributed by atoms with Gasteiger partial charge in [0.15, 0.2) is 0 Å². The normalized spacial score (nSPS) is 11.4. The summed E-state index contributed by atoms with van der Waals surface area (Å²) in [5, 5.41) is 3.47. The first-order chi connectivity index (χ1) is 8.39. The third-order valence-electron chi connectivity index (χ3n) is 2.62. The first-order valence-corrected chi connectivity index (χ1v) is 6.82. The van der Waals surface area contributed by atoms with Crippen LogP contribution in [0.1, 0.15) is 26.3 Å². The molecule has 0 aliphatic heterocycles. The van der Waals surface area contributed by atoms with E-state index in [0.29, 0.717) is 0 Å². The lowest BCUT2D eigenvalue weighted by Crippen LogP contribution is -2.37. The maximum atomic E-state index is 5.45. The molecule has 0 saturated heterocycles. The van der Waals surface area contributed by atoms with Crippen LogP contribution in [-0.2, 0) is 6.42 Å². The topological polar surface area (TPSA) is 30.5 Å². The van der Waals surface area contributed by atoms with E-state index in [2.05, 4.69) is 42.0 Å². The van der Waals surface area contributed by atoms with E-state index in [4.69, 9.17) is 9.47 Å². The van der Waals surface area contributed by atoms with Gasteiger partial charge in [0, 0.05) is 5.54 Å². The second-order valence-electron chi connectivity index (χ2n) is 5.20. The molecule has 0 aliphatic rings. The second-order valence-corrected chi connectivity index (χ2v) is 5.99. The van der Waals surface area contributed by atoms with E-state index < -0.39 is 0 Å². The highest BCUT2D eigenvalue weighted by atomic mass is 79.9. The minimum absolute atomic E-state index is 0.136. The van der Waals surface area contributed by atoms with Crippen LogP contribution in [0.2, 0.25) is 0 Å². The van der Waals surface area contributed by atoms with Gasteiger partial charge in [0.25, 0.3) is 0 Å². The largest absolute Gasteiger partial charge is 0.495 e. The molecule has 0 heterocycles. The Bertz CT molecular complexity index is 400. The van der Waals surface area contributed by atoms with Crippen LogP contribution in [0, 0.1) is 0 Å². The molecule has 0 atom stereocenters. The summed E-state index contributed by atoms with van der Waals surface area (Å²) in [4.78, 5) is 0. The Morgan fingerprint density at radius 1 is 1.17 bits per heavy atom. The van der Waals surface area contributed by atoms with Gasteiger partial charge >= 0.3 is 0 Å². The van der Waals surface area contributed by atoms with Gasteiger partial charge in [0.1, 0.15) is 16.0 Å². The fourth-order valence-corrected chi connectivity index (χ4v) is 2.44. The molecule has 0 saturated carbocycles. The maximum Gasteiger partial charge on any atom is 0.140 e. The van der Waals surface area contributed by atoms with Gasteiger partial charge in [-0.15, -0.1) is 0 Å². The molecule has 1 N–H and O–H groups in total. The maximum absolute atomic E-state index is 5.45. The number of benzene rings is 1. The van der Waals surface area contributed by atoms with E-state index in [1.165, 1.54) is 5.56 Å². The number of ether oxygens (including phenoxy) is 2. The summed E-state index contributed by atoms with van der Waals surface area (Å²) < 4.78 is 11.6. The third kappa shape index (κ3) is 4.18. The summed E-state index contributed by atoms with van der Waals surface area (Å²) in [6.45, 7) is 7.40. The highest BCUT2D eigenvalue weighted by Crippen LogP contribution is 2.37. The van der Waals surface area contributed by atoms with E-state index in [1.54, 1.807) is 14.2 Å². The van der Waals surface area contributed by atoms with Gasteiger partial charge in [-0.1, -0.05) is 6.07 Å². The molecule has 0 unspecified atom stereocenters. The molecule has 4 heteroatoms. The van der Waals surface area contributed by atoms with E-state index in [0.717, 1.165) is 28.9 Å². The standard InChI is InChI=1S/C14H22BrNO2/c1-14(2,3)16-9-8-10-6-7-11(17-4)12(15)13(10)18-5/h6-7,16H,8-9H2,1-5H3. The summed E-state index contributed by atoms with van der Waals surface area (Å²) in [5.41, 5.74) is 1.30. The SMILES string of the molecule is COc1ccc(CCNC(C)(C)C)c(OC)c1Br. The van der Waals surface area contributed by atoms with E-state index >= 15 is 0 Å². The predicted molar refractivity (Wildman–Crippen MR) is 78.7 cm³/mol. The number of nitrogens with one attached hydrogen (secondary N) is 1. The highest BCUT2D eigenvalue weighted by molar-refractivity contribution is 9.10. The van der Waals surface area contributed by atoms with Crippen molar-refractivity contribution in [2.24, 2.45) is 0 Å². The Labute approximate surface area is 118 Å². The zero-order valence-corrected chi connectivity index (χ0v) is 13.3. The van der Waals surface area contributed by atoms with Crippen molar-refractivity contribution in [2.45, 2.75) is 32.7 Å². The van der Waals surface area contributed by atoms with Gasteiger partial charge in [-0.3, -0.25) is 0 Å². The van der Waals surface area contributed by atoms with Gasteiger partial charge < -0.3 is 14.8 Å². The van der Waals surface area contributed by atoms with Crippen LogP contribution in [0.4, 0.5) is 0 Å².